The number of aliphatic carboxylic acids is 1. The minimum absolute atomic E-state index is 0.108. The summed E-state index contributed by atoms with van der Waals surface area (Å²) in [4.78, 5) is 23.4. The van der Waals surface area contributed by atoms with Gasteiger partial charge in [-0.1, -0.05) is 18.2 Å². The van der Waals surface area contributed by atoms with Gasteiger partial charge in [0.2, 0.25) is 0 Å². The molecular weight excluding hydrogens is 322 g/mol. The van der Waals surface area contributed by atoms with Gasteiger partial charge >= 0.3 is 5.97 Å². The number of carboxylic acid groups (broad SMARTS) is 1. The number of nitrogen functional groups attached to an aromatic ring is 1. The van der Waals surface area contributed by atoms with E-state index in [9.17, 15) is 14.7 Å². The Hall–Kier alpha value is -3.28. The molecule has 0 bridgehead atoms. The van der Waals surface area contributed by atoms with Crippen LogP contribution in [0.4, 0.5) is 5.69 Å². The summed E-state index contributed by atoms with van der Waals surface area (Å²) in [5, 5.41) is 18.5. The lowest BCUT2D eigenvalue weighted by Crippen LogP contribution is -2.37. The number of nitrogens with two attached hydrogens (primary N) is 1. The summed E-state index contributed by atoms with van der Waals surface area (Å²) in [6, 6.07) is 10.9. The fourth-order valence-electron chi connectivity index (χ4n) is 2.06. The molecule has 2 aromatic carbocycles. The molecule has 0 heterocycles. The number of carbonyl (C=O) groups excluding carboxylic acids is 1. The standard InChI is InChI=1S/C19H19NO5/c1-19(2,18(23)24)25-14-7-8-15(16(20)11-14)17(22)9-6-12-4-3-5-13(21)10-12/h3-11,21H,20H2,1-2H3,(H,23,24)/b9-6+. The summed E-state index contributed by atoms with van der Waals surface area (Å²) in [6.45, 7) is 2.84. The predicted molar refractivity (Wildman–Crippen MR) is 94.7 cm³/mol. The highest BCUT2D eigenvalue weighted by molar-refractivity contribution is 6.10. The van der Waals surface area contributed by atoms with E-state index in [1.165, 1.54) is 50.3 Å². The minimum Gasteiger partial charge on any atom is -0.508 e. The number of rotatable bonds is 6. The highest BCUT2D eigenvalue weighted by atomic mass is 16.5. The second-order valence-electron chi connectivity index (χ2n) is 5.96. The number of anilines is 1. The van der Waals surface area contributed by atoms with Crippen molar-refractivity contribution in [2.75, 3.05) is 5.73 Å². The summed E-state index contributed by atoms with van der Waals surface area (Å²) < 4.78 is 5.38. The van der Waals surface area contributed by atoms with E-state index in [-0.39, 0.29) is 28.5 Å². The van der Waals surface area contributed by atoms with E-state index in [1.54, 1.807) is 18.2 Å². The first-order valence-corrected chi connectivity index (χ1v) is 7.52. The van der Waals surface area contributed by atoms with E-state index < -0.39 is 11.6 Å². The molecule has 130 valence electrons. The molecule has 0 fully saturated rings. The lowest BCUT2D eigenvalue weighted by Gasteiger charge is -2.21. The van der Waals surface area contributed by atoms with Crippen molar-refractivity contribution in [2.45, 2.75) is 19.4 Å². The number of aromatic hydroxyl groups is 1. The van der Waals surface area contributed by atoms with Gasteiger partial charge in [-0.2, -0.15) is 0 Å². The van der Waals surface area contributed by atoms with E-state index in [4.69, 9.17) is 15.6 Å². The van der Waals surface area contributed by atoms with Gasteiger partial charge in [-0.25, -0.2) is 4.79 Å². The summed E-state index contributed by atoms with van der Waals surface area (Å²) in [6.07, 6.45) is 2.92. The second kappa shape index (κ2) is 7.09. The molecule has 6 heteroatoms. The third-order valence-electron chi connectivity index (χ3n) is 3.47. The Morgan fingerprint density at radius 3 is 2.48 bits per heavy atom. The molecule has 6 nitrogen and oxygen atoms in total. The van der Waals surface area contributed by atoms with Crippen LogP contribution in [-0.2, 0) is 4.79 Å². The van der Waals surface area contributed by atoms with Crippen LogP contribution in [0.3, 0.4) is 0 Å². The third kappa shape index (κ3) is 4.60. The Morgan fingerprint density at radius 1 is 1.16 bits per heavy atom. The van der Waals surface area contributed by atoms with Crippen LogP contribution in [-0.4, -0.2) is 27.6 Å². The highest BCUT2D eigenvalue weighted by Gasteiger charge is 2.29. The van der Waals surface area contributed by atoms with Gasteiger partial charge in [0.25, 0.3) is 0 Å². The molecule has 0 amide bonds. The molecule has 0 saturated heterocycles. The van der Waals surface area contributed by atoms with Gasteiger partial charge in [0, 0.05) is 17.3 Å². The van der Waals surface area contributed by atoms with Gasteiger partial charge in [0.05, 0.1) is 0 Å². The molecule has 0 aliphatic heterocycles. The number of phenols is 1. The molecule has 0 aliphatic carbocycles. The molecule has 4 N–H and O–H groups in total. The van der Waals surface area contributed by atoms with Gasteiger partial charge < -0.3 is 20.7 Å². The number of allylic oxidation sites excluding steroid dienone is 1. The Labute approximate surface area is 145 Å². The number of ether oxygens (including phenoxy) is 1. The number of ketones is 1. The minimum atomic E-state index is -1.41. The van der Waals surface area contributed by atoms with Crippen molar-refractivity contribution >= 4 is 23.5 Å². The zero-order chi connectivity index (χ0) is 18.6. The summed E-state index contributed by atoms with van der Waals surface area (Å²) in [5.41, 5.74) is 5.61. The number of phenolic OH excluding ortho intramolecular Hbond substituents is 1. The maximum Gasteiger partial charge on any atom is 0.347 e. The van der Waals surface area contributed by atoms with Crippen molar-refractivity contribution in [1.82, 2.24) is 0 Å². The second-order valence-corrected chi connectivity index (χ2v) is 5.96. The van der Waals surface area contributed by atoms with Crippen LogP contribution in [0.5, 0.6) is 11.5 Å². The smallest absolute Gasteiger partial charge is 0.347 e. The van der Waals surface area contributed by atoms with Crippen LogP contribution in [0.25, 0.3) is 6.08 Å². The fraction of sp³-hybridized carbons (Fsp3) is 0.158. The predicted octanol–water partition coefficient (Wildman–Crippen LogP) is 3.11. The van der Waals surface area contributed by atoms with Crippen LogP contribution in [0.2, 0.25) is 0 Å². The normalized spacial score (nSPS) is 11.4. The number of carbonyl (C=O) groups is 2. The maximum absolute atomic E-state index is 12.3. The quantitative estimate of drug-likeness (QED) is 0.423. The Bertz CT molecular complexity index is 839. The van der Waals surface area contributed by atoms with E-state index >= 15 is 0 Å². The summed E-state index contributed by atoms with van der Waals surface area (Å²) in [7, 11) is 0. The molecule has 0 unspecified atom stereocenters. The fourth-order valence-corrected chi connectivity index (χ4v) is 2.06. The van der Waals surface area contributed by atoms with Gasteiger partial charge in [0.15, 0.2) is 11.4 Å². The average Bonchev–Trinajstić information content (AvgIpc) is 2.52. The number of hydrogen-bond acceptors (Lipinski definition) is 5. The first-order valence-electron chi connectivity index (χ1n) is 7.52. The lowest BCUT2D eigenvalue weighted by atomic mass is 10.1. The van der Waals surface area contributed by atoms with E-state index in [0.29, 0.717) is 5.56 Å². The van der Waals surface area contributed by atoms with Crippen molar-refractivity contribution in [3.63, 3.8) is 0 Å². The number of benzene rings is 2. The van der Waals surface area contributed by atoms with Crippen molar-refractivity contribution in [1.29, 1.82) is 0 Å². The van der Waals surface area contributed by atoms with Gasteiger partial charge in [0.1, 0.15) is 11.5 Å². The molecule has 2 aromatic rings. The molecule has 0 saturated carbocycles. The van der Waals surface area contributed by atoms with Crippen LogP contribution in [0, 0.1) is 0 Å². The largest absolute Gasteiger partial charge is 0.508 e. The van der Waals surface area contributed by atoms with Crippen molar-refractivity contribution in [3.8, 4) is 11.5 Å². The summed E-state index contributed by atoms with van der Waals surface area (Å²) >= 11 is 0. The molecule has 0 atom stereocenters. The van der Waals surface area contributed by atoms with Gasteiger partial charge in [-0.3, -0.25) is 4.79 Å². The summed E-state index contributed by atoms with van der Waals surface area (Å²) in [5.74, 6) is -1.06. The van der Waals surface area contributed by atoms with Crippen molar-refractivity contribution in [3.05, 3.63) is 59.7 Å². The SMILES string of the molecule is CC(C)(Oc1ccc(C(=O)/C=C/c2cccc(O)c2)c(N)c1)C(=O)O. The van der Waals surface area contributed by atoms with Gasteiger partial charge in [-0.05, 0) is 49.8 Å². The van der Waals surface area contributed by atoms with Crippen LogP contribution in [0.1, 0.15) is 29.8 Å². The first kappa shape index (κ1) is 18.1. The Balaban J connectivity index is 2.17. The van der Waals surface area contributed by atoms with Crippen LogP contribution in [0.15, 0.2) is 48.5 Å². The van der Waals surface area contributed by atoms with Crippen LogP contribution >= 0.6 is 0 Å². The number of carboxylic acids is 1. The molecule has 0 radical (unpaired) electrons. The molecular formula is C19H19NO5. The highest BCUT2D eigenvalue weighted by Crippen LogP contribution is 2.25. The molecule has 0 aliphatic rings. The molecule has 25 heavy (non-hydrogen) atoms. The lowest BCUT2D eigenvalue weighted by molar-refractivity contribution is -0.152. The molecule has 0 aromatic heterocycles. The van der Waals surface area contributed by atoms with Crippen molar-refractivity contribution < 1.29 is 24.5 Å². The molecule has 2 rings (SSSR count). The van der Waals surface area contributed by atoms with Gasteiger partial charge in [-0.15, -0.1) is 0 Å². The topological polar surface area (TPSA) is 110 Å². The zero-order valence-electron chi connectivity index (χ0n) is 13.9. The van der Waals surface area contributed by atoms with Crippen LogP contribution < -0.4 is 10.5 Å². The first-order chi connectivity index (χ1) is 11.7. The molecule has 0 spiro atoms. The Morgan fingerprint density at radius 2 is 1.88 bits per heavy atom. The van der Waals surface area contributed by atoms with Crippen molar-refractivity contribution in [2.24, 2.45) is 0 Å². The third-order valence-corrected chi connectivity index (χ3v) is 3.47. The average molecular weight is 341 g/mol. The maximum atomic E-state index is 12.3. The van der Waals surface area contributed by atoms with E-state index in [0.717, 1.165) is 0 Å². The van der Waals surface area contributed by atoms with E-state index in [1.807, 2.05) is 0 Å². The Kier molecular flexibility index (Phi) is 5.12. The van der Waals surface area contributed by atoms with E-state index in [2.05, 4.69) is 0 Å². The zero-order valence-corrected chi connectivity index (χ0v) is 13.9. The number of hydrogen-bond donors (Lipinski definition) is 3. The monoisotopic (exact) mass is 341 g/mol.